The van der Waals surface area contributed by atoms with Crippen LogP contribution in [0, 0.1) is 0 Å². The molecular weight excluding hydrogens is 270 g/mol. The van der Waals surface area contributed by atoms with Crippen LogP contribution in [0.2, 0.25) is 0 Å². The number of hydrogen-bond donors (Lipinski definition) is 0. The monoisotopic (exact) mass is 293 g/mol. The molecule has 1 aliphatic heterocycles. The molecule has 1 aromatic rings. The van der Waals surface area contributed by atoms with Crippen LogP contribution in [0.3, 0.4) is 0 Å². The summed E-state index contributed by atoms with van der Waals surface area (Å²) in [5.41, 5.74) is 1.26. The van der Waals surface area contributed by atoms with E-state index in [1.54, 1.807) is 11.8 Å². The predicted molar refractivity (Wildman–Crippen MR) is 82.9 cm³/mol. The Hall–Kier alpha value is -1.00. The number of ether oxygens (including phenoxy) is 1. The van der Waals surface area contributed by atoms with E-state index in [1.807, 2.05) is 6.92 Å². The van der Waals surface area contributed by atoms with E-state index in [-0.39, 0.29) is 12.0 Å². The highest BCUT2D eigenvalue weighted by Crippen LogP contribution is 2.22. The zero-order valence-electron chi connectivity index (χ0n) is 12.3. The topological polar surface area (TPSA) is 29.5 Å². The zero-order chi connectivity index (χ0) is 14.4. The average Bonchev–Trinajstić information content (AvgIpc) is 2.49. The van der Waals surface area contributed by atoms with Crippen molar-refractivity contribution >= 4 is 17.7 Å². The normalized spacial score (nSPS) is 19.8. The van der Waals surface area contributed by atoms with Gasteiger partial charge in [0.25, 0.3) is 0 Å². The van der Waals surface area contributed by atoms with Crippen molar-refractivity contribution in [2.24, 2.45) is 0 Å². The smallest absolute Gasteiger partial charge is 0.323 e. The van der Waals surface area contributed by atoms with Crippen molar-refractivity contribution < 1.29 is 9.53 Å². The number of esters is 1. The molecule has 20 heavy (non-hydrogen) atoms. The van der Waals surface area contributed by atoms with Gasteiger partial charge in [-0.2, -0.15) is 0 Å². The third-order valence-corrected chi connectivity index (χ3v) is 4.46. The number of carbonyl (C=O) groups excluding carboxylic acids is 1. The lowest BCUT2D eigenvalue weighted by atomic mass is 10.0. The summed E-state index contributed by atoms with van der Waals surface area (Å²) in [5.74, 6) is -0.0621. The summed E-state index contributed by atoms with van der Waals surface area (Å²) in [6.07, 6.45) is 5.28. The summed E-state index contributed by atoms with van der Waals surface area (Å²) in [5, 5.41) is 0. The van der Waals surface area contributed by atoms with E-state index in [0.29, 0.717) is 6.61 Å². The fraction of sp³-hybridized carbons (Fsp3) is 0.562. The Morgan fingerprint density at radius 2 is 2.10 bits per heavy atom. The van der Waals surface area contributed by atoms with E-state index >= 15 is 0 Å². The van der Waals surface area contributed by atoms with Crippen molar-refractivity contribution in [1.29, 1.82) is 0 Å². The summed E-state index contributed by atoms with van der Waals surface area (Å²) in [4.78, 5) is 15.6. The Morgan fingerprint density at radius 1 is 1.35 bits per heavy atom. The molecule has 0 bridgehead atoms. The second kappa shape index (κ2) is 7.70. The SMILES string of the molecule is CCOC(=O)[C@@H]1CCCCN1Cc1ccc(SC)cc1. The molecule has 110 valence electrons. The number of rotatable bonds is 5. The van der Waals surface area contributed by atoms with E-state index in [4.69, 9.17) is 4.74 Å². The first-order chi connectivity index (χ1) is 9.74. The molecular formula is C16H23NO2S. The lowest BCUT2D eigenvalue weighted by molar-refractivity contribution is -0.151. The summed E-state index contributed by atoms with van der Waals surface area (Å²) in [6.45, 7) is 4.14. The molecule has 3 nitrogen and oxygen atoms in total. The van der Waals surface area contributed by atoms with Crippen molar-refractivity contribution in [3.05, 3.63) is 29.8 Å². The lowest BCUT2D eigenvalue weighted by Crippen LogP contribution is -2.44. The predicted octanol–water partition coefficient (Wildman–Crippen LogP) is 3.33. The summed E-state index contributed by atoms with van der Waals surface area (Å²) >= 11 is 1.75. The first kappa shape index (κ1) is 15.4. The van der Waals surface area contributed by atoms with Crippen LogP contribution in [0.15, 0.2) is 29.2 Å². The summed E-state index contributed by atoms with van der Waals surface area (Å²) in [6, 6.07) is 8.53. The molecule has 1 aromatic carbocycles. The highest BCUT2D eigenvalue weighted by atomic mass is 32.2. The Bertz CT molecular complexity index is 433. The molecule has 2 rings (SSSR count). The number of thioether (sulfide) groups is 1. The van der Waals surface area contributed by atoms with Gasteiger partial charge in [0.15, 0.2) is 0 Å². The second-order valence-electron chi connectivity index (χ2n) is 5.08. The second-order valence-corrected chi connectivity index (χ2v) is 5.96. The number of piperidine rings is 1. The van der Waals surface area contributed by atoms with Crippen LogP contribution in [0.4, 0.5) is 0 Å². The van der Waals surface area contributed by atoms with Crippen LogP contribution in [-0.4, -0.2) is 36.3 Å². The highest BCUT2D eigenvalue weighted by molar-refractivity contribution is 7.98. The van der Waals surface area contributed by atoms with Crippen LogP contribution in [0.5, 0.6) is 0 Å². The molecule has 0 aromatic heterocycles. The first-order valence-corrected chi connectivity index (χ1v) is 8.50. The van der Waals surface area contributed by atoms with E-state index in [2.05, 4.69) is 35.4 Å². The minimum atomic E-state index is -0.0658. The van der Waals surface area contributed by atoms with Crippen LogP contribution >= 0.6 is 11.8 Å². The quantitative estimate of drug-likeness (QED) is 0.615. The maximum Gasteiger partial charge on any atom is 0.323 e. The van der Waals surface area contributed by atoms with Crippen molar-refractivity contribution in [3.8, 4) is 0 Å². The standard InChI is InChI=1S/C16H23NO2S/c1-3-19-16(18)15-6-4-5-11-17(15)12-13-7-9-14(20-2)10-8-13/h7-10,15H,3-6,11-12H2,1-2H3/t15-/m0/s1. The molecule has 1 heterocycles. The zero-order valence-corrected chi connectivity index (χ0v) is 13.1. The highest BCUT2D eigenvalue weighted by Gasteiger charge is 2.29. The van der Waals surface area contributed by atoms with Gasteiger partial charge >= 0.3 is 5.97 Å². The van der Waals surface area contributed by atoms with Crippen LogP contribution in [-0.2, 0) is 16.1 Å². The Balaban J connectivity index is 2.02. The fourth-order valence-electron chi connectivity index (χ4n) is 2.65. The van der Waals surface area contributed by atoms with Gasteiger partial charge in [0.05, 0.1) is 6.61 Å². The molecule has 4 heteroatoms. The van der Waals surface area contributed by atoms with Crippen molar-refractivity contribution in [1.82, 2.24) is 4.90 Å². The van der Waals surface area contributed by atoms with Crippen molar-refractivity contribution in [3.63, 3.8) is 0 Å². The number of hydrogen-bond acceptors (Lipinski definition) is 4. The Labute approximate surface area is 125 Å². The van der Waals surface area contributed by atoms with Crippen LogP contribution in [0.1, 0.15) is 31.7 Å². The molecule has 0 N–H and O–H groups in total. The van der Waals surface area contributed by atoms with Gasteiger partial charge in [0, 0.05) is 11.4 Å². The molecule has 0 amide bonds. The van der Waals surface area contributed by atoms with E-state index in [1.165, 1.54) is 16.9 Å². The van der Waals surface area contributed by atoms with E-state index in [9.17, 15) is 4.79 Å². The number of carbonyl (C=O) groups is 1. The van der Waals surface area contributed by atoms with Gasteiger partial charge in [-0.15, -0.1) is 11.8 Å². The van der Waals surface area contributed by atoms with Crippen LogP contribution in [0.25, 0.3) is 0 Å². The Kier molecular flexibility index (Phi) is 5.92. The van der Waals surface area contributed by atoms with E-state index in [0.717, 1.165) is 25.9 Å². The van der Waals surface area contributed by atoms with Gasteiger partial charge in [-0.05, 0) is 50.3 Å². The van der Waals surface area contributed by atoms with Gasteiger partial charge in [-0.1, -0.05) is 18.6 Å². The van der Waals surface area contributed by atoms with Gasteiger partial charge < -0.3 is 4.74 Å². The van der Waals surface area contributed by atoms with Crippen molar-refractivity contribution in [2.75, 3.05) is 19.4 Å². The molecule has 0 spiro atoms. The molecule has 1 aliphatic rings. The maximum absolute atomic E-state index is 12.0. The molecule has 0 unspecified atom stereocenters. The van der Waals surface area contributed by atoms with Gasteiger partial charge in [0.1, 0.15) is 6.04 Å². The average molecular weight is 293 g/mol. The third kappa shape index (κ3) is 4.00. The minimum absolute atomic E-state index is 0.0621. The fourth-order valence-corrected chi connectivity index (χ4v) is 3.06. The number of likely N-dealkylation sites (tertiary alicyclic amines) is 1. The molecule has 1 fully saturated rings. The third-order valence-electron chi connectivity index (χ3n) is 3.72. The molecule has 1 saturated heterocycles. The molecule has 0 aliphatic carbocycles. The van der Waals surface area contributed by atoms with Gasteiger partial charge in [-0.25, -0.2) is 0 Å². The van der Waals surface area contributed by atoms with Crippen molar-refractivity contribution in [2.45, 2.75) is 43.7 Å². The number of nitrogens with zero attached hydrogens (tertiary/aromatic N) is 1. The van der Waals surface area contributed by atoms with E-state index < -0.39 is 0 Å². The molecule has 1 atom stereocenters. The lowest BCUT2D eigenvalue weighted by Gasteiger charge is -2.33. The minimum Gasteiger partial charge on any atom is -0.465 e. The summed E-state index contributed by atoms with van der Waals surface area (Å²) < 4.78 is 5.20. The first-order valence-electron chi connectivity index (χ1n) is 7.28. The summed E-state index contributed by atoms with van der Waals surface area (Å²) in [7, 11) is 0. The van der Waals surface area contributed by atoms with Crippen LogP contribution < -0.4 is 0 Å². The molecule has 0 radical (unpaired) electrons. The maximum atomic E-state index is 12.0. The largest absolute Gasteiger partial charge is 0.465 e. The van der Waals surface area contributed by atoms with Gasteiger partial charge in [0.2, 0.25) is 0 Å². The van der Waals surface area contributed by atoms with Gasteiger partial charge in [-0.3, -0.25) is 9.69 Å². The Morgan fingerprint density at radius 3 is 2.75 bits per heavy atom. The molecule has 0 saturated carbocycles. The number of benzene rings is 1.